The number of hydrogen-bond donors (Lipinski definition) is 2. The van der Waals surface area contributed by atoms with Crippen molar-refractivity contribution in [3.63, 3.8) is 0 Å². The Morgan fingerprint density at radius 1 is 1.25 bits per heavy atom. The van der Waals surface area contributed by atoms with Gasteiger partial charge in [0.25, 0.3) is 0 Å². The highest BCUT2D eigenvalue weighted by Gasteiger charge is 2.10. The monoisotopic (exact) mass is 280 g/mol. The third kappa shape index (κ3) is 1.59. The molecule has 0 aliphatic carbocycles. The maximum Gasteiger partial charge on any atom is 0.349 e. The second-order valence-corrected chi connectivity index (χ2v) is 3.88. The van der Waals surface area contributed by atoms with Crippen LogP contribution < -0.4 is 11.4 Å². The highest BCUT2D eigenvalue weighted by atomic mass is 79.9. The minimum Gasteiger partial charge on any atom is -0.247 e. The molecular weight excluding hydrogens is 276 g/mol. The van der Waals surface area contributed by atoms with Crippen LogP contribution in [0.15, 0.2) is 32.3 Å². The lowest BCUT2D eigenvalue weighted by molar-refractivity contribution is 0.947. The van der Waals surface area contributed by atoms with Gasteiger partial charge in [0, 0.05) is 4.47 Å². The number of hydrogen-bond acceptors (Lipinski definition) is 3. The van der Waals surface area contributed by atoms with Crippen molar-refractivity contribution in [1.29, 1.82) is 5.26 Å². The van der Waals surface area contributed by atoms with Gasteiger partial charge in [-0.25, -0.2) is 24.4 Å². The number of nitrogens with zero attached hydrogens (tertiary/aromatic N) is 2. The number of nitriles is 1. The van der Waals surface area contributed by atoms with Crippen molar-refractivity contribution in [2.75, 3.05) is 0 Å². The Kier molecular flexibility index (Phi) is 2.50. The summed E-state index contributed by atoms with van der Waals surface area (Å²) in [4.78, 5) is 22.7. The van der Waals surface area contributed by atoms with E-state index in [1.807, 2.05) is 6.07 Å². The lowest BCUT2D eigenvalue weighted by Gasteiger charge is -2.02. The van der Waals surface area contributed by atoms with Crippen molar-refractivity contribution >= 4 is 15.9 Å². The predicted octanol–water partition coefficient (Wildman–Crippen LogP) is 0.488. The van der Waals surface area contributed by atoms with Gasteiger partial charge in [-0.1, -0.05) is 15.9 Å². The maximum absolute atomic E-state index is 11.3. The van der Waals surface area contributed by atoms with E-state index in [2.05, 4.69) is 26.1 Å². The topological polar surface area (TPSA) is 94.4 Å². The Bertz CT molecular complexity index is 661. The zero-order chi connectivity index (χ0) is 11.7. The molecule has 0 aliphatic rings. The Balaban J connectivity index is 2.81. The molecule has 0 saturated heterocycles. The van der Waals surface area contributed by atoms with Gasteiger partial charge in [-0.2, -0.15) is 5.26 Å². The largest absolute Gasteiger partial charge is 0.349 e. The summed E-state index contributed by atoms with van der Waals surface area (Å²) in [5, 5.41) is 13.2. The van der Waals surface area contributed by atoms with Gasteiger partial charge in [-0.05, 0) is 18.2 Å². The molecule has 6 nitrogen and oxygen atoms in total. The SMILES string of the molecule is N#Cc1cc(Br)ccc1-n1c(=O)[nH][nH]c1=O. The molecule has 0 bridgehead atoms. The van der Waals surface area contributed by atoms with Crippen LogP contribution in [0.4, 0.5) is 0 Å². The molecule has 1 heterocycles. The molecule has 0 amide bonds. The van der Waals surface area contributed by atoms with Crippen LogP contribution in [0, 0.1) is 11.3 Å². The second kappa shape index (κ2) is 3.83. The van der Waals surface area contributed by atoms with Crippen LogP contribution in [-0.4, -0.2) is 14.8 Å². The van der Waals surface area contributed by atoms with Crippen LogP contribution >= 0.6 is 15.9 Å². The fourth-order valence-electron chi connectivity index (χ4n) is 1.32. The second-order valence-electron chi connectivity index (χ2n) is 2.97. The first-order chi connectivity index (χ1) is 7.63. The van der Waals surface area contributed by atoms with Crippen molar-refractivity contribution in [1.82, 2.24) is 14.8 Å². The number of rotatable bonds is 1. The zero-order valence-corrected chi connectivity index (χ0v) is 9.41. The molecule has 0 radical (unpaired) electrons. The fraction of sp³-hybridized carbons (Fsp3) is 0. The van der Waals surface area contributed by atoms with Crippen LogP contribution in [0.1, 0.15) is 5.56 Å². The highest BCUT2D eigenvalue weighted by molar-refractivity contribution is 9.10. The lowest BCUT2D eigenvalue weighted by atomic mass is 10.2. The third-order valence-corrected chi connectivity index (χ3v) is 2.50. The van der Waals surface area contributed by atoms with E-state index in [1.54, 1.807) is 6.07 Å². The molecule has 16 heavy (non-hydrogen) atoms. The van der Waals surface area contributed by atoms with E-state index < -0.39 is 11.4 Å². The number of aromatic amines is 2. The maximum atomic E-state index is 11.3. The summed E-state index contributed by atoms with van der Waals surface area (Å²) >= 11 is 3.21. The van der Waals surface area contributed by atoms with E-state index in [0.717, 1.165) is 4.57 Å². The number of halogens is 1. The van der Waals surface area contributed by atoms with Crippen LogP contribution in [0.3, 0.4) is 0 Å². The Hall–Kier alpha value is -2.07. The van der Waals surface area contributed by atoms with E-state index in [4.69, 9.17) is 5.26 Å². The molecule has 7 heteroatoms. The quantitative estimate of drug-likeness (QED) is 0.796. The molecular formula is C9H5BrN4O2. The van der Waals surface area contributed by atoms with Gasteiger partial charge < -0.3 is 0 Å². The molecule has 0 unspecified atom stereocenters. The number of benzene rings is 1. The summed E-state index contributed by atoms with van der Waals surface area (Å²) in [6.45, 7) is 0. The van der Waals surface area contributed by atoms with Gasteiger partial charge in [0.1, 0.15) is 6.07 Å². The lowest BCUT2D eigenvalue weighted by Crippen LogP contribution is -2.25. The molecule has 2 rings (SSSR count). The first-order valence-electron chi connectivity index (χ1n) is 4.23. The summed E-state index contributed by atoms with van der Waals surface area (Å²) in [5.41, 5.74) is -0.729. The smallest absolute Gasteiger partial charge is 0.247 e. The first-order valence-corrected chi connectivity index (χ1v) is 5.02. The van der Waals surface area contributed by atoms with Crippen molar-refractivity contribution in [3.05, 3.63) is 49.2 Å². The van der Waals surface area contributed by atoms with Crippen molar-refractivity contribution < 1.29 is 0 Å². The van der Waals surface area contributed by atoms with Gasteiger partial charge in [-0.15, -0.1) is 0 Å². The summed E-state index contributed by atoms with van der Waals surface area (Å²) in [5.74, 6) is 0. The van der Waals surface area contributed by atoms with Crippen LogP contribution in [-0.2, 0) is 0 Å². The Morgan fingerprint density at radius 3 is 2.44 bits per heavy atom. The predicted molar refractivity (Wildman–Crippen MR) is 59.4 cm³/mol. The average Bonchev–Trinajstić information content (AvgIpc) is 2.59. The van der Waals surface area contributed by atoms with E-state index in [1.165, 1.54) is 12.1 Å². The standard InChI is InChI=1S/C9H5BrN4O2/c10-6-1-2-7(5(3-6)4-11)14-8(15)12-13-9(14)16/h1-3H,(H,12,15)(H,13,16). The number of nitrogens with one attached hydrogen (secondary N) is 2. The van der Waals surface area contributed by atoms with Crippen molar-refractivity contribution in [2.24, 2.45) is 0 Å². The van der Waals surface area contributed by atoms with Gasteiger partial charge in [0.15, 0.2) is 0 Å². The average molecular weight is 281 g/mol. The molecule has 1 aromatic heterocycles. The number of H-pyrrole nitrogens is 2. The summed E-state index contributed by atoms with van der Waals surface area (Å²) < 4.78 is 1.57. The summed E-state index contributed by atoms with van der Waals surface area (Å²) in [7, 11) is 0. The Morgan fingerprint density at radius 2 is 1.88 bits per heavy atom. The molecule has 0 spiro atoms. The fourth-order valence-corrected chi connectivity index (χ4v) is 1.68. The molecule has 1 aromatic carbocycles. The van der Waals surface area contributed by atoms with Gasteiger partial charge >= 0.3 is 11.4 Å². The molecule has 0 aliphatic heterocycles. The highest BCUT2D eigenvalue weighted by Crippen LogP contribution is 2.17. The molecule has 0 saturated carbocycles. The molecule has 2 aromatic rings. The first kappa shape index (κ1) is 10.4. The minimum atomic E-state index is -0.608. The molecule has 0 fully saturated rings. The van der Waals surface area contributed by atoms with E-state index in [0.29, 0.717) is 4.47 Å². The van der Waals surface area contributed by atoms with Gasteiger partial charge in [-0.3, -0.25) is 0 Å². The van der Waals surface area contributed by atoms with Gasteiger partial charge in [0.05, 0.1) is 11.3 Å². The molecule has 80 valence electrons. The van der Waals surface area contributed by atoms with E-state index >= 15 is 0 Å². The van der Waals surface area contributed by atoms with Crippen LogP contribution in [0.5, 0.6) is 0 Å². The zero-order valence-electron chi connectivity index (χ0n) is 7.82. The van der Waals surface area contributed by atoms with Crippen LogP contribution in [0.2, 0.25) is 0 Å². The normalized spacial score (nSPS) is 10.0. The van der Waals surface area contributed by atoms with Crippen molar-refractivity contribution in [2.45, 2.75) is 0 Å². The minimum absolute atomic E-state index is 0.238. The van der Waals surface area contributed by atoms with E-state index in [-0.39, 0.29) is 11.3 Å². The third-order valence-electron chi connectivity index (χ3n) is 2.00. The molecule has 2 N–H and O–H groups in total. The molecule has 0 atom stereocenters. The summed E-state index contributed by atoms with van der Waals surface area (Å²) in [6.07, 6.45) is 0. The number of aromatic nitrogens is 3. The summed E-state index contributed by atoms with van der Waals surface area (Å²) in [6, 6.07) is 6.63. The van der Waals surface area contributed by atoms with Crippen molar-refractivity contribution in [3.8, 4) is 11.8 Å². The van der Waals surface area contributed by atoms with E-state index in [9.17, 15) is 9.59 Å². The van der Waals surface area contributed by atoms with Gasteiger partial charge in [0.2, 0.25) is 0 Å². The van der Waals surface area contributed by atoms with Crippen LogP contribution in [0.25, 0.3) is 5.69 Å². The Labute approximate surface area is 97.3 Å².